The highest BCUT2D eigenvalue weighted by Crippen LogP contribution is 2.62. The van der Waals surface area contributed by atoms with Crippen molar-refractivity contribution in [1.29, 1.82) is 5.26 Å². The summed E-state index contributed by atoms with van der Waals surface area (Å²) in [6.07, 6.45) is -0.0460. The highest BCUT2D eigenvalue weighted by Gasteiger charge is 2.71. The maximum atomic E-state index is 14.1. The molecule has 1 aromatic carbocycles. The van der Waals surface area contributed by atoms with Crippen molar-refractivity contribution in [3.63, 3.8) is 0 Å². The van der Waals surface area contributed by atoms with E-state index in [0.717, 1.165) is 23.5 Å². The fourth-order valence-corrected chi connectivity index (χ4v) is 7.24. The number of carbonyl (C=O) groups is 4. The molecule has 0 unspecified atom stereocenters. The van der Waals surface area contributed by atoms with Crippen LogP contribution in [0.2, 0.25) is 0 Å². The van der Waals surface area contributed by atoms with E-state index >= 15 is 0 Å². The summed E-state index contributed by atoms with van der Waals surface area (Å²) in [4.78, 5) is 51.8. The van der Waals surface area contributed by atoms with Gasteiger partial charge in [0.2, 0.25) is 6.79 Å². The van der Waals surface area contributed by atoms with Crippen LogP contribution < -0.4 is 9.47 Å². The first-order chi connectivity index (χ1) is 15.4. The van der Waals surface area contributed by atoms with Crippen molar-refractivity contribution in [2.45, 2.75) is 49.9 Å². The topological polar surface area (TPSA) is 117 Å². The van der Waals surface area contributed by atoms with Crippen molar-refractivity contribution in [2.75, 3.05) is 13.8 Å². The molecule has 9 nitrogen and oxygen atoms in total. The number of nitrogens with zero attached hydrogens (tertiary/aromatic N) is 3. The van der Waals surface area contributed by atoms with Gasteiger partial charge in [0.15, 0.2) is 31.5 Å². The Morgan fingerprint density at radius 2 is 1.73 bits per heavy atom. The predicted molar refractivity (Wildman–Crippen MR) is 121 cm³/mol. The molecule has 1 aromatic rings. The van der Waals surface area contributed by atoms with Crippen LogP contribution in [0.4, 0.5) is 0 Å². The Morgan fingerprint density at radius 3 is 2.33 bits per heavy atom. The van der Waals surface area contributed by atoms with Crippen LogP contribution in [0.15, 0.2) is 18.2 Å². The van der Waals surface area contributed by atoms with Gasteiger partial charge in [-0.3, -0.25) is 19.2 Å². The molecule has 4 atom stereocenters. The molecule has 0 bridgehead atoms. The molecule has 0 N–H and O–H groups in total. The number of amides is 2. The maximum Gasteiger partial charge on any atom is 0.261 e. The molecule has 0 aliphatic carbocycles. The van der Waals surface area contributed by atoms with E-state index in [2.05, 4.69) is 6.07 Å². The van der Waals surface area contributed by atoms with Crippen molar-refractivity contribution in [3.8, 4) is 17.6 Å². The number of nitriles is 1. The lowest BCUT2D eigenvalue weighted by molar-refractivity contribution is -0.163. The van der Waals surface area contributed by atoms with Gasteiger partial charge in [-0.15, -0.1) is 0 Å². The van der Waals surface area contributed by atoms with Crippen LogP contribution in [-0.2, 0) is 19.2 Å². The van der Waals surface area contributed by atoms with E-state index in [0.29, 0.717) is 17.1 Å². The zero-order valence-corrected chi connectivity index (χ0v) is 20.5. The van der Waals surface area contributed by atoms with Gasteiger partial charge in [0.05, 0.1) is 17.5 Å². The molecule has 174 valence electrons. The van der Waals surface area contributed by atoms with Gasteiger partial charge >= 0.3 is 0 Å². The summed E-state index contributed by atoms with van der Waals surface area (Å²) >= 11 is 1.49. The van der Waals surface area contributed by atoms with E-state index in [9.17, 15) is 24.4 Å². The summed E-state index contributed by atoms with van der Waals surface area (Å²) in [5, 5.41) is 9.55. The first-order valence-electron chi connectivity index (χ1n) is 10.2. The molecule has 4 rings (SSSR count). The number of thioether (sulfide) groups is 2. The lowest BCUT2D eigenvalue weighted by atomic mass is 9.79. The number of piperazine rings is 1. The molecule has 2 saturated heterocycles. The average molecular weight is 490 g/mol. The number of benzene rings is 1. The van der Waals surface area contributed by atoms with Gasteiger partial charge in [-0.25, -0.2) is 0 Å². The summed E-state index contributed by atoms with van der Waals surface area (Å²) in [7, 11) is 1.45. The highest BCUT2D eigenvalue weighted by atomic mass is 32.2. The predicted octanol–water partition coefficient (Wildman–Crippen LogP) is 2.66. The number of fused-ring (bicyclic) bond motifs is 2. The Morgan fingerprint density at radius 1 is 1.09 bits per heavy atom. The van der Waals surface area contributed by atoms with Gasteiger partial charge in [-0.05, 0) is 43.3 Å². The molecule has 2 amide bonds. The maximum absolute atomic E-state index is 14.1. The van der Waals surface area contributed by atoms with E-state index < -0.39 is 33.0 Å². The molecule has 0 radical (unpaired) electrons. The summed E-state index contributed by atoms with van der Waals surface area (Å²) < 4.78 is 10.9. The molecular weight excluding hydrogens is 466 g/mol. The molecule has 33 heavy (non-hydrogen) atoms. The second-order valence-corrected chi connectivity index (χ2v) is 11.7. The lowest BCUT2D eigenvalue weighted by Gasteiger charge is -2.52. The Kier molecular flexibility index (Phi) is 5.45. The third-order valence-electron chi connectivity index (χ3n) is 6.37. The minimum atomic E-state index is -1.61. The van der Waals surface area contributed by atoms with E-state index in [4.69, 9.17) is 9.47 Å². The van der Waals surface area contributed by atoms with Gasteiger partial charge in [-0.1, -0.05) is 17.8 Å². The monoisotopic (exact) mass is 489 g/mol. The first-order valence-corrected chi connectivity index (χ1v) is 11.8. The zero-order chi connectivity index (χ0) is 24.3. The van der Waals surface area contributed by atoms with Gasteiger partial charge in [0.25, 0.3) is 11.8 Å². The molecule has 3 aliphatic rings. The summed E-state index contributed by atoms with van der Waals surface area (Å²) in [5.74, 6) is -0.000664. The highest BCUT2D eigenvalue weighted by molar-refractivity contribution is 8.16. The average Bonchev–Trinajstić information content (AvgIpc) is 3.30. The third kappa shape index (κ3) is 3.30. The summed E-state index contributed by atoms with van der Waals surface area (Å²) in [5.41, 5.74) is -0.621. The summed E-state index contributed by atoms with van der Waals surface area (Å²) in [6.45, 7) is 5.90. The van der Waals surface area contributed by atoms with Crippen molar-refractivity contribution >= 4 is 45.6 Å². The molecule has 0 aromatic heterocycles. The molecule has 3 heterocycles. The molecule has 3 aliphatic heterocycles. The largest absolute Gasteiger partial charge is 0.454 e. The van der Waals surface area contributed by atoms with E-state index in [1.807, 2.05) is 0 Å². The standard InChI is InChI=1S/C22H23N3O6S2/c1-12(26)32-21(4)18(28)25-17(14-6-7-15-16(8-14)31-11-30-15)20(3,10-23)9-22(25,33-13(2)27)19(29)24(21)5/h6-8,17H,9,11H2,1-5H3/t17-,20+,21-,22-/m0/s1. The van der Waals surface area contributed by atoms with Crippen molar-refractivity contribution in [2.24, 2.45) is 5.41 Å². The molecular formula is C22H23N3O6S2. The Hall–Kier alpha value is -2.71. The third-order valence-corrected chi connectivity index (χ3v) is 8.65. The van der Waals surface area contributed by atoms with Gasteiger partial charge in [-0.2, -0.15) is 5.26 Å². The Balaban J connectivity index is 1.96. The molecule has 2 fully saturated rings. The van der Waals surface area contributed by atoms with Crippen LogP contribution in [0.25, 0.3) is 0 Å². The number of hydrogen-bond acceptors (Lipinski definition) is 9. The SMILES string of the molecule is CC(=O)S[C@@]1(C)C(=O)N2[C@@H](c3ccc4c(c3)OCO4)[C@@](C)(C#N)C[C@]2(SC(C)=O)C(=O)N1C. The normalized spacial score (nSPS) is 32.5. The minimum absolute atomic E-state index is 0.0460. The second-order valence-electron chi connectivity index (χ2n) is 8.72. The number of rotatable bonds is 3. The van der Waals surface area contributed by atoms with Crippen LogP contribution >= 0.6 is 23.5 Å². The van der Waals surface area contributed by atoms with Crippen molar-refractivity contribution < 1.29 is 28.7 Å². The number of likely N-dealkylation sites (N-methyl/N-ethyl adjacent to an activating group) is 1. The summed E-state index contributed by atoms with van der Waals surface area (Å²) in [6, 6.07) is 6.56. The van der Waals surface area contributed by atoms with Gasteiger partial charge in [0.1, 0.15) is 0 Å². The van der Waals surface area contributed by atoms with Crippen LogP contribution in [-0.4, -0.2) is 55.4 Å². The molecule has 0 spiro atoms. The van der Waals surface area contributed by atoms with E-state index in [-0.39, 0.29) is 23.4 Å². The van der Waals surface area contributed by atoms with Gasteiger partial charge < -0.3 is 19.3 Å². The van der Waals surface area contributed by atoms with Crippen molar-refractivity contribution in [3.05, 3.63) is 23.8 Å². The van der Waals surface area contributed by atoms with Crippen molar-refractivity contribution in [1.82, 2.24) is 9.80 Å². The zero-order valence-electron chi connectivity index (χ0n) is 18.8. The van der Waals surface area contributed by atoms with Crippen LogP contribution in [0, 0.1) is 16.7 Å². The fourth-order valence-electron chi connectivity index (χ4n) is 4.92. The Bertz CT molecular complexity index is 1140. The van der Waals surface area contributed by atoms with Gasteiger partial charge in [0, 0.05) is 27.3 Å². The fraction of sp³-hybridized carbons (Fsp3) is 0.500. The molecule has 11 heteroatoms. The smallest absolute Gasteiger partial charge is 0.261 e. The number of hydrogen-bond donors (Lipinski definition) is 0. The van der Waals surface area contributed by atoms with Crippen LogP contribution in [0.3, 0.4) is 0 Å². The second kappa shape index (κ2) is 7.67. The van der Waals surface area contributed by atoms with Crippen LogP contribution in [0.1, 0.15) is 45.7 Å². The minimum Gasteiger partial charge on any atom is -0.454 e. The lowest BCUT2D eigenvalue weighted by Crippen LogP contribution is -2.71. The Labute approximate surface area is 199 Å². The first kappa shape index (κ1) is 23.4. The van der Waals surface area contributed by atoms with E-state index in [1.165, 1.54) is 37.6 Å². The van der Waals surface area contributed by atoms with Crippen LogP contribution in [0.5, 0.6) is 11.5 Å². The molecule has 0 saturated carbocycles. The quantitative estimate of drug-likeness (QED) is 0.631. The number of ether oxygens (including phenoxy) is 2. The number of carbonyl (C=O) groups excluding carboxylic acids is 4. The van der Waals surface area contributed by atoms with E-state index in [1.54, 1.807) is 25.1 Å².